The molecule has 0 aliphatic carbocycles. The van der Waals surface area contributed by atoms with E-state index in [-0.39, 0.29) is 25.4 Å². The van der Waals surface area contributed by atoms with Crippen molar-refractivity contribution in [1.82, 2.24) is 4.90 Å². The Kier molecular flexibility index (Phi) is 4.81. The van der Waals surface area contributed by atoms with Crippen LogP contribution in [0.5, 0.6) is 0 Å². The zero-order chi connectivity index (χ0) is 15.6. The second-order valence-corrected chi connectivity index (χ2v) is 6.19. The molecule has 21 heavy (non-hydrogen) atoms. The summed E-state index contributed by atoms with van der Waals surface area (Å²) in [6, 6.07) is 7.01. The number of carbonyl (C=O) groups is 3. The zero-order valence-electron chi connectivity index (χ0n) is 11.0. The van der Waals surface area contributed by atoms with E-state index < -0.39 is 23.8 Å². The minimum Gasteiger partial charge on any atom is -0.481 e. The van der Waals surface area contributed by atoms with Gasteiger partial charge in [-0.05, 0) is 47.2 Å². The van der Waals surface area contributed by atoms with Crippen molar-refractivity contribution in [2.75, 3.05) is 13.1 Å². The Morgan fingerprint density at radius 1 is 1.14 bits per heavy atom. The van der Waals surface area contributed by atoms with Crippen LogP contribution in [0.2, 0.25) is 0 Å². The topological polar surface area (TPSA) is 94.9 Å². The summed E-state index contributed by atoms with van der Waals surface area (Å²) in [6.45, 7) is 0.182. The molecule has 6 nitrogen and oxygen atoms in total. The van der Waals surface area contributed by atoms with Crippen LogP contribution in [0.3, 0.4) is 0 Å². The Bertz CT molecular complexity index is 588. The van der Waals surface area contributed by atoms with Gasteiger partial charge in [0.2, 0.25) is 0 Å². The van der Waals surface area contributed by atoms with Gasteiger partial charge in [-0.15, -0.1) is 0 Å². The Morgan fingerprint density at radius 3 is 2.38 bits per heavy atom. The second kappa shape index (κ2) is 6.42. The van der Waals surface area contributed by atoms with Crippen molar-refractivity contribution in [2.45, 2.75) is 6.42 Å². The average molecular weight is 403 g/mol. The van der Waals surface area contributed by atoms with E-state index in [0.717, 1.165) is 3.57 Å². The number of piperidine rings is 1. The second-order valence-electron chi connectivity index (χ2n) is 4.94. The number of nitrogens with zero attached hydrogens (tertiary/aromatic N) is 1. The van der Waals surface area contributed by atoms with Gasteiger partial charge in [-0.1, -0.05) is 6.07 Å². The predicted octanol–water partition coefficient (Wildman–Crippen LogP) is 1.54. The van der Waals surface area contributed by atoms with Crippen molar-refractivity contribution in [3.63, 3.8) is 0 Å². The molecular weight excluding hydrogens is 389 g/mol. The fourth-order valence-corrected chi connectivity index (χ4v) is 3.03. The highest BCUT2D eigenvalue weighted by Crippen LogP contribution is 2.25. The molecule has 1 aliphatic rings. The van der Waals surface area contributed by atoms with E-state index in [4.69, 9.17) is 10.2 Å². The normalized spacial score (nSPS) is 21.9. The Labute approximate surface area is 134 Å². The van der Waals surface area contributed by atoms with Gasteiger partial charge in [0.15, 0.2) is 0 Å². The molecule has 0 spiro atoms. The molecule has 1 fully saturated rings. The molecule has 1 saturated heterocycles. The summed E-state index contributed by atoms with van der Waals surface area (Å²) in [5, 5.41) is 18.2. The molecule has 0 saturated carbocycles. The largest absolute Gasteiger partial charge is 0.481 e. The van der Waals surface area contributed by atoms with Crippen molar-refractivity contribution in [2.24, 2.45) is 11.8 Å². The number of carbonyl (C=O) groups excluding carboxylic acids is 1. The molecule has 2 N–H and O–H groups in total. The SMILES string of the molecule is O=C(O)C1CCN(C(=O)c2cccc(I)c2)CC1C(=O)O. The fraction of sp³-hybridized carbons (Fsp3) is 0.357. The van der Waals surface area contributed by atoms with Crippen LogP contribution in [0.25, 0.3) is 0 Å². The summed E-state index contributed by atoms with van der Waals surface area (Å²) >= 11 is 2.09. The number of hydrogen-bond donors (Lipinski definition) is 2. The Balaban J connectivity index is 2.17. The van der Waals surface area contributed by atoms with E-state index in [1.807, 2.05) is 6.07 Å². The molecule has 2 unspecified atom stereocenters. The minimum atomic E-state index is -1.18. The van der Waals surface area contributed by atoms with Crippen molar-refractivity contribution in [3.05, 3.63) is 33.4 Å². The highest BCUT2D eigenvalue weighted by Gasteiger charge is 2.40. The van der Waals surface area contributed by atoms with Crippen LogP contribution in [-0.2, 0) is 9.59 Å². The van der Waals surface area contributed by atoms with Gasteiger partial charge < -0.3 is 15.1 Å². The molecule has 7 heteroatoms. The summed E-state index contributed by atoms with van der Waals surface area (Å²) in [6.07, 6.45) is 0.155. The van der Waals surface area contributed by atoms with Crippen LogP contribution in [0.15, 0.2) is 24.3 Å². The van der Waals surface area contributed by atoms with Crippen molar-refractivity contribution in [3.8, 4) is 0 Å². The van der Waals surface area contributed by atoms with Crippen LogP contribution < -0.4 is 0 Å². The summed E-state index contributed by atoms with van der Waals surface area (Å²) in [4.78, 5) is 36.1. The number of benzene rings is 1. The molecule has 0 aromatic heterocycles. The lowest BCUT2D eigenvalue weighted by atomic mass is 9.85. The van der Waals surface area contributed by atoms with E-state index in [1.54, 1.807) is 18.2 Å². The lowest BCUT2D eigenvalue weighted by molar-refractivity contribution is -0.156. The third-order valence-corrected chi connectivity index (χ3v) is 4.28. The summed E-state index contributed by atoms with van der Waals surface area (Å²) in [5.74, 6) is -4.57. The van der Waals surface area contributed by atoms with Gasteiger partial charge in [-0.25, -0.2) is 0 Å². The molecule has 1 aromatic carbocycles. The van der Waals surface area contributed by atoms with Crippen LogP contribution in [0, 0.1) is 15.4 Å². The first-order valence-corrected chi connectivity index (χ1v) is 7.48. The number of likely N-dealkylation sites (tertiary alicyclic amines) is 1. The number of carboxylic acids is 2. The van der Waals surface area contributed by atoms with Crippen molar-refractivity contribution < 1.29 is 24.6 Å². The molecule has 1 heterocycles. The van der Waals surface area contributed by atoms with Gasteiger partial charge in [-0.2, -0.15) is 0 Å². The number of halogens is 1. The molecule has 0 radical (unpaired) electrons. The van der Waals surface area contributed by atoms with E-state index in [9.17, 15) is 14.4 Å². The molecule has 112 valence electrons. The molecule has 1 aromatic rings. The van der Waals surface area contributed by atoms with Crippen LogP contribution in [-0.4, -0.2) is 46.0 Å². The van der Waals surface area contributed by atoms with Crippen LogP contribution in [0.1, 0.15) is 16.8 Å². The standard InChI is InChI=1S/C14H14INO5/c15-9-3-1-2-8(6-9)12(17)16-5-4-10(13(18)19)11(7-16)14(20)21/h1-3,6,10-11H,4-5,7H2,(H,18,19)(H,20,21). The van der Waals surface area contributed by atoms with Crippen molar-refractivity contribution in [1.29, 1.82) is 0 Å². The van der Waals surface area contributed by atoms with E-state index >= 15 is 0 Å². The highest BCUT2D eigenvalue weighted by molar-refractivity contribution is 14.1. The summed E-state index contributed by atoms with van der Waals surface area (Å²) in [7, 11) is 0. The monoisotopic (exact) mass is 403 g/mol. The van der Waals surface area contributed by atoms with Crippen LogP contribution in [0.4, 0.5) is 0 Å². The lowest BCUT2D eigenvalue weighted by Crippen LogP contribution is -2.48. The highest BCUT2D eigenvalue weighted by atomic mass is 127. The van der Waals surface area contributed by atoms with Crippen LogP contribution >= 0.6 is 22.6 Å². The van der Waals surface area contributed by atoms with Gasteiger partial charge in [0, 0.05) is 22.2 Å². The van der Waals surface area contributed by atoms with Crippen molar-refractivity contribution >= 4 is 40.4 Å². The molecule has 0 bridgehead atoms. The third kappa shape index (κ3) is 3.52. The molecule has 1 amide bonds. The number of rotatable bonds is 3. The quantitative estimate of drug-likeness (QED) is 0.747. The zero-order valence-corrected chi connectivity index (χ0v) is 13.2. The molecule has 2 atom stereocenters. The van der Waals surface area contributed by atoms with Gasteiger partial charge in [0.05, 0.1) is 11.8 Å². The molecular formula is C14H14INO5. The van der Waals surface area contributed by atoms with E-state index in [2.05, 4.69) is 22.6 Å². The van der Waals surface area contributed by atoms with E-state index in [1.165, 1.54) is 4.90 Å². The first-order chi connectivity index (χ1) is 9.90. The number of aliphatic carboxylic acids is 2. The number of hydrogen-bond acceptors (Lipinski definition) is 3. The summed E-state index contributed by atoms with van der Waals surface area (Å²) in [5.41, 5.74) is 0.486. The van der Waals surface area contributed by atoms with Gasteiger partial charge >= 0.3 is 11.9 Å². The number of amides is 1. The maximum atomic E-state index is 12.4. The fourth-order valence-electron chi connectivity index (χ4n) is 2.49. The minimum absolute atomic E-state index is 0.0728. The first kappa shape index (κ1) is 15.7. The smallest absolute Gasteiger partial charge is 0.309 e. The number of carboxylic acid groups (broad SMARTS) is 2. The lowest BCUT2D eigenvalue weighted by Gasteiger charge is -2.34. The average Bonchev–Trinajstić information content (AvgIpc) is 2.45. The van der Waals surface area contributed by atoms with Gasteiger partial charge in [0.1, 0.15) is 0 Å². The summed E-state index contributed by atoms with van der Waals surface area (Å²) < 4.78 is 0.911. The molecule has 1 aliphatic heterocycles. The molecule has 2 rings (SSSR count). The maximum absolute atomic E-state index is 12.4. The third-order valence-electron chi connectivity index (χ3n) is 3.61. The first-order valence-electron chi connectivity index (χ1n) is 6.40. The Morgan fingerprint density at radius 2 is 1.81 bits per heavy atom. The Hall–Kier alpha value is -1.64. The van der Waals surface area contributed by atoms with Gasteiger partial charge in [-0.3, -0.25) is 14.4 Å². The van der Waals surface area contributed by atoms with E-state index in [0.29, 0.717) is 5.56 Å². The predicted molar refractivity (Wildman–Crippen MR) is 81.9 cm³/mol. The van der Waals surface area contributed by atoms with Gasteiger partial charge in [0.25, 0.3) is 5.91 Å². The maximum Gasteiger partial charge on any atom is 0.309 e.